The minimum atomic E-state index is -0.731. The highest BCUT2D eigenvalue weighted by Crippen LogP contribution is 2.29. The number of hydrogen-bond acceptors (Lipinski definition) is 3. The third-order valence-corrected chi connectivity index (χ3v) is 5.08. The van der Waals surface area contributed by atoms with Crippen molar-refractivity contribution >= 4 is 11.9 Å². The zero-order valence-corrected chi connectivity index (χ0v) is 15.6. The maximum atomic E-state index is 12.0. The van der Waals surface area contributed by atoms with E-state index in [1.807, 2.05) is 0 Å². The maximum Gasteiger partial charge on any atom is 0.308 e. The number of carbonyl (C=O) groups excluding carboxylic acids is 1. The predicted molar refractivity (Wildman–Crippen MR) is 95.8 cm³/mol. The first-order valence-electron chi connectivity index (χ1n) is 9.90. The Labute approximate surface area is 147 Å². The minimum absolute atomic E-state index is 0.0819. The van der Waals surface area contributed by atoms with Gasteiger partial charge in [0.2, 0.25) is 0 Å². The van der Waals surface area contributed by atoms with Gasteiger partial charge in [-0.15, -0.1) is 0 Å². The Morgan fingerprint density at radius 3 is 1.92 bits per heavy atom. The summed E-state index contributed by atoms with van der Waals surface area (Å²) in [6.07, 6.45) is 12.4. The fourth-order valence-electron chi connectivity index (χ4n) is 3.41. The highest BCUT2D eigenvalue weighted by molar-refractivity contribution is 5.74. The van der Waals surface area contributed by atoms with E-state index in [1.54, 1.807) is 0 Å². The van der Waals surface area contributed by atoms with Gasteiger partial charge >= 0.3 is 11.9 Å². The van der Waals surface area contributed by atoms with Gasteiger partial charge in [0, 0.05) is 0 Å². The molecule has 0 heterocycles. The number of unbranched alkanes of at least 4 members (excludes halogenated alkanes) is 6. The van der Waals surface area contributed by atoms with E-state index in [4.69, 9.17) is 9.84 Å². The molecule has 0 unspecified atom stereocenters. The molecular weight excluding hydrogens is 304 g/mol. The van der Waals surface area contributed by atoms with Gasteiger partial charge in [0.05, 0.1) is 18.4 Å². The number of hydrogen-bond donors (Lipinski definition) is 1. The van der Waals surface area contributed by atoms with Crippen LogP contribution in [0.5, 0.6) is 0 Å². The average molecular weight is 341 g/mol. The molecule has 0 bridgehead atoms. The first kappa shape index (κ1) is 21.0. The monoisotopic (exact) mass is 340 g/mol. The van der Waals surface area contributed by atoms with Crippen molar-refractivity contribution in [1.29, 1.82) is 0 Å². The van der Waals surface area contributed by atoms with E-state index in [9.17, 15) is 9.59 Å². The molecule has 140 valence electrons. The molecule has 0 aromatic carbocycles. The Balaban J connectivity index is 1.92. The Hall–Kier alpha value is -1.06. The van der Waals surface area contributed by atoms with E-state index in [0.29, 0.717) is 32.3 Å². The third-order valence-electron chi connectivity index (χ3n) is 5.08. The fourth-order valence-corrected chi connectivity index (χ4v) is 3.41. The summed E-state index contributed by atoms with van der Waals surface area (Å²) < 4.78 is 5.36. The number of esters is 1. The largest absolute Gasteiger partial charge is 0.481 e. The molecule has 0 aromatic heterocycles. The Morgan fingerprint density at radius 2 is 1.38 bits per heavy atom. The molecule has 4 nitrogen and oxygen atoms in total. The average Bonchev–Trinajstić information content (AvgIpc) is 2.56. The van der Waals surface area contributed by atoms with Crippen LogP contribution in [0.15, 0.2) is 0 Å². The Bertz CT molecular complexity index is 357. The third kappa shape index (κ3) is 9.29. The van der Waals surface area contributed by atoms with Gasteiger partial charge < -0.3 is 9.84 Å². The van der Waals surface area contributed by atoms with Crippen LogP contribution < -0.4 is 0 Å². The smallest absolute Gasteiger partial charge is 0.308 e. The van der Waals surface area contributed by atoms with Crippen molar-refractivity contribution in [2.24, 2.45) is 17.8 Å². The van der Waals surface area contributed by atoms with Gasteiger partial charge in [-0.3, -0.25) is 9.59 Å². The summed E-state index contributed by atoms with van der Waals surface area (Å²) in [4.78, 5) is 22.9. The topological polar surface area (TPSA) is 63.6 Å². The van der Waals surface area contributed by atoms with E-state index >= 15 is 0 Å². The van der Waals surface area contributed by atoms with E-state index in [1.165, 1.54) is 38.5 Å². The molecule has 0 saturated heterocycles. The van der Waals surface area contributed by atoms with Crippen LogP contribution in [0.25, 0.3) is 0 Å². The summed E-state index contributed by atoms with van der Waals surface area (Å²) in [6, 6.07) is 0. The van der Waals surface area contributed by atoms with Crippen molar-refractivity contribution in [3.63, 3.8) is 0 Å². The second kappa shape index (κ2) is 12.3. The predicted octanol–water partition coefficient (Wildman–Crippen LogP) is 5.20. The highest BCUT2D eigenvalue weighted by atomic mass is 16.5. The molecule has 4 heteroatoms. The molecule has 0 atom stereocenters. The zero-order chi connectivity index (χ0) is 17.8. The molecule has 0 radical (unpaired) electrons. The second-order valence-electron chi connectivity index (χ2n) is 7.71. The van der Waals surface area contributed by atoms with Crippen molar-refractivity contribution in [1.82, 2.24) is 0 Å². The van der Waals surface area contributed by atoms with Crippen molar-refractivity contribution < 1.29 is 19.4 Å². The molecule has 0 spiro atoms. The first-order chi connectivity index (χ1) is 11.5. The summed E-state index contributed by atoms with van der Waals surface area (Å²) in [6.45, 7) is 5.07. The lowest BCUT2D eigenvalue weighted by Crippen LogP contribution is -2.27. The molecule has 0 aliphatic heterocycles. The normalized spacial score (nSPS) is 21.0. The SMILES string of the molecule is CC(C)CCCCCCCCCOC(=O)C1CCC(C(=O)O)CC1. The molecular formula is C20H36O4. The van der Waals surface area contributed by atoms with Gasteiger partial charge in [0.1, 0.15) is 0 Å². The number of carboxylic acids is 1. The van der Waals surface area contributed by atoms with Crippen molar-refractivity contribution in [3.05, 3.63) is 0 Å². The summed E-state index contributed by atoms with van der Waals surface area (Å²) in [5.74, 6) is -0.381. The molecule has 24 heavy (non-hydrogen) atoms. The van der Waals surface area contributed by atoms with Crippen molar-refractivity contribution in [3.8, 4) is 0 Å². The molecule has 1 N–H and O–H groups in total. The van der Waals surface area contributed by atoms with Crippen LogP contribution in [0.4, 0.5) is 0 Å². The number of carboxylic acid groups (broad SMARTS) is 1. The van der Waals surface area contributed by atoms with E-state index in [0.717, 1.165) is 18.8 Å². The lowest BCUT2D eigenvalue weighted by atomic mass is 9.82. The van der Waals surface area contributed by atoms with Crippen molar-refractivity contribution in [2.45, 2.75) is 90.9 Å². The number of carbonyl (C=O) groups is 2. The Kier molecular flexibility index (Phi) is 10.8. The van der Waals surface area contributed by atoms with Crippen LogP contribution in [-0.2, 0) is 14.3 Å². The van der Waals surface area contributed by atoms with Crippen LogP contribution in [-0.4, -0.2) is 23.7 Å². The van der Waals surface area contributed by atoms with E-state index in [2.05, 4.69) is 13.8 Å². The summed E-state index contributed by atoms with van der Waals surface area (Å²) >= 11 is 0. The molecule has 0 amide bonds. The fraction of sp³-hybridized carbons (Fsp3) is 0.900. The molecule has 1 aliphatic carbocycles. The molecule has 1 aliphatic rings. The van der Waals surface area contributed by atoms with Crippen LogP contribution in [0.2, 0.25) is 0 Å². The van der Waals surface area contributed by atoms with Gasteiger partial charge in [-0.25, -0.2) is 0 Å². The minimum Gasteiger partial charge on any atom is -0.481 e. The molecule has 1 fully saturated rings. The number of aliphatic carboxylic acids is 1. The summed E-state index contributed by atoms with van der Waals surface area (Å²) in [5, 5.41) is 8.96. The van der Waals surface area contributed by atoms with E-state index in [-0.39, 0.29) is 17.8 Å². The lowest BCUT2D eigenvalue weighted by Gasteiger charge is -2.24. The van der Waals surface area contributed by atoms with Gasteiger partial charge in [-0.2, -0.15) is 0 Å². The molecule has 1 saturated carbocycles. The van der Waals surface area contributed by atoms with Crippen molar-refractivity contribution in [2.75, 3.05) is 6.61 Å². The molecule has 0 aromatic rings. The maximum absolute atomic E-state index is 12.0. The molecule has 1 rings (SSSR count). The van der Waals surface area contributed by atoms with Gasteiger partial charge in [-0.1, -0.05) is 58.8 Å². The standard InChI is InChI=1S/C20H36O4/c1-16(2)10-8-6-4-3-5-7-9-15-24-20(23)18-13-11-17(12-14-18)19(21)22/h16-18H,3-15H2,1-2H3,(H,21,22). The number of ether oxygens (including phenoxy) is 1. The van der Waals surface area contributed by atoms with Gasteiger partial charge in [0.25, 0.3) is 0 Å². The van der Waals surface area contributed by atoms with E-state index < -0.39 is 5.97 Å². The summed E-state index contributed by atoms with van der Waals surface area (Å²) in [7, 11) is 0. The second-order valence-corrected chi connectivity index (χ2v) is 7.71. The quantitative estimate of drug-likeness (QED) is 0.392. The number of rotatable bonds is 12. The van der Waals surface area contributed by atoms with Crippen LogP contribution >= 0.6 is 0 Å². The zero-order valence-electron chi connectivity index (χ0n) is 15.6. The highest BCUT2D eigenvalue weighted by Gasteiger charge is 2.30. The van der Waals surface area contributed by atoms with Gasteiger partial charge in [-0.05, 0) is 38.0 Å². The van der Waals surface area contributed by atoms with Gasteiger partial charge in [0.15, 0.2) is 0 Å². The summed E-state index contributed by atoms with van der Waals surface area (Å²) in [5.41, 5.74) is 0. The van der Waals surface area contributed by atoms with Crippen LogP contribution in [0, 0.1) is 17.8 Å². The first-order valence-corrected chi connectivity index (χ1v) is 9.90. The Morgan fingerprint density at radius 1 is 0.875 bits per heavy atom. The van der Waals surface area contributed by atoms with Crippen LogP contribution in [0.3, 0.4) is 0 Å². The van der Waals surface area contributed by atoms with Crippen LogP contribution in [0.1, 0.15) is 90.9 Å². The lowest BCUT2D eigenvalue weighted by molar-refractivity contribution is -0.152.